The second-order valence-electron chi connectivity index (χ2n) is 5.12. The van der Waals surface area contributed by atoms with E-state index in [0.717, 1.165) is 17.7 Å². The average Bonchev–Trinajstić information content (AvgIpc) is 2.40. The maximum absolute atomic E-state index is 6.18. The van der Waals surface area contributed by atoms with Crippen LogP contribution >= 0.6 is 0 Å². The van der Waals surface area contributed by atoms with Crippen LogP contribution in [0.4, 0.5) is 11.4 Å². The second-order valence-corrected chi connectivity index (χ2v) is 5.12. The van der Waals surface area contributed by atoms with E-state index >= 15 is 0 Å². The van der Waals surface area contributed by atoms with Crippen LogP contribution in [0, 0.1) is 0 Å². The quantitative estimate of drug-likeness (QED) is 0.833. The number of nitrogen functional groups attached to an aromatic ring is 1. The minimum atomic E-state index is 0.562. The van der Waals surface area contributed by atoms with E-state index in [1.807, 2.05) is 12.1 Å². The lowest BCUT2D eigenvalue weighted by Gasteiger charge is -2.36. The lowest BCUT2D eigenvalue weighted by Crippen LogP contribution is -2.38. The molecule has 1 atom stereocenters. The summed E-state index contributed by atoms with van der Waals surface area (Å²) >= 11 is 0. The number of piperidine rings is 1. The number of rotatable bonds is 1. The molecular formula is C15H19N3. The number of benzene rings is 1. The van der Waals surface area contributed by atoms with Crippen molar-refractivity contribution in [2.75, 3.05) is 17.2 Å². The summed E-state index contributed by atoms with van der Waals surface area (Å²) < 4.78 is 0. The van der Waals surface area contributed by atoms with E-state index in [1.54, 1.807) is 6.20 Å². The zero-order valence-corrected chi connectivity index (χ0v) is 10.8. The van der Waals surface area contributed by atoms with Crippen molar-refractivity contribution in [3.63, 3.8) is 0 Å². The molecule has 0 spiro atoms. The van der Waals surface area contributed by atoms with E-state index in [4.69, 9.17) is 5.73 Å². The summed E-state index contributed by atoms with van der Waals surface area (Å²) in [5.74, 6) is 0. The van der Waals surface area contributed by atoms with Gasteiger partial charge in [0, 0.05) is 18.0 Å². The van der Waals surface area contributed by atoms with Crippen molar-refractivity contribution >= 4 is 22.3 Å². The van der Waals surface area contributed by atoms with Gasteiger partial charge in [-0.15, -0.1) is 0 Å². The Morgan fingerprint density at radius 3 is 2.94 bits per heavy atom. The highest BCUT2D eigenvalue weighted by Crippen LogP contribution is 2.35. The third-order valence-electron chi connectivity index (χ3n) is 3.87. The van der Waals surface area contributed by atoms with E-state index in [0.29, 0.717) is 6.04 Å². The van der Waals surface area contributed by atoms with Gasteiger partial charge < -0.3 is 10.6 Å². The molecule has 3 rings (SSSR count). The first-order valence-corrected chi connectivity index (χ1v) is 6.67. The molecule has 94 valence electrons. The van der Waals surface area contributed by atoms with Crippen LogP contribution in [-0.2, 0) is 0 Å². The van der Waals surface area contributed by atoms with Gasteiger partial charge in [0.25, 0.3) is 0 Å². The van der Waals surface area contributed by atoms with Gasteiger partial charge in [0.15, 0.2) is 0 Å². The Morgan fingerprint density at radius 1 is 1.28 bits per heavy atom. The van der Waals surface area contributed by atoms with E-state index < -0.39 is 0 Å². The van der Waals surface area contributed by atoms with Gasteiger partial charge in [-0.1, -0.05) is 18.2 Å². The normalized spacial score (nSPS) is 20.3. The van der Waals surface area contributed by atoms with Gasteiger partial charge in [0.05, 0.1) is 23.1 Å². The summed E-state index contributed by atoms with van der Waals surface area (Å²) in [4.78, 5) is 6.86. The third-order valence-corrected chi connectivity index (χ3v) is 3.87. The molecule has 1 aliphatic rings. The highest BCUT2D eigenvalue weighted by atomic mass is 15.2. The van der Waals surface area contributed by atoms with Crippen molar-refractivity contribution in [2.24, 2.45) is 0 Å². The zero-order chi connectivity index (χ0) is 12.5. The Hall–Kier alpha value is -1.77. The number of aromatic nitrogens is 1. The molecule has 0 radical (unpaired) electrons. The summed E-state index contributed by atoms with van der Waals surface area (Å²) in [6, 6.07) is 8.81. The highest BCUT2D eigenvalue weighted by molar-refractivity contribution is 5.97. The average molecular weight is 241 g/mol. The molecule has 1 saturated heterocycles. The monoisotopic (exact) mass is 241 g/mol. The Morgan fingerprint density at radius 2 is 2.11 bits per heavy atom. The second kappa shape index (κ2) is 4.48. The standard InChI is InChI=1S/C15H19N3/c1-11-6-4-5-9-18(11)15-12-7-2-3-8-14(12)17-10-13(15)16/h2-3,7-8,10-11H,4-6,9,16H2,1H3. The van der Waals surface area contributed by atoms with E-state index in [1.165, 1.54) is 30.3 Å². The summed E-state index contributed by atoms with van der Waals surface area (Å²) in [5.41, 5.74) is 9.17. The van der Waals surface area contributed by atoms with Gasteiger partial charge in [-0.25, -0.2) is 0 Å². The van der Waals surface area contributed by atoms with E-state index in [9.17, 15) is 0 Å². The minimum absolute atomic E-state index is 0.562. The van der Waals surface area contributed by atoms with Gasteiger partial charge in [-0.05, 0) is 32.3 Å². The first kappa shape index (κ1) is 11.3. The SMILES string of the molecule is CC1CCCCN1c1c(N)cnc2ccccc12. The minimum Gasteiger partial charge on any atom is -0.396 e. The third kappa shape index (κ3) is 1.80. The molecule has 1 aromatic carbocycles. The fourth-order valence-corrected chi connectivity index (χ4v) is 2.89. The van der Waals surface area contributed by atoms with E-state index in [-0.39, 0.29) is 0 Å². The number of fused-ring (bicyclic) bond motifs is 1. The van der Waals surface area contributed by atoms with Gasteiger partial charge in [0.1, 0.15) is 0 Å². The molecule has 18 heavy (non-hydrogen) atoms. The lowest BCUT2D eigenvalue weighted by atomic mass is 10.0. The molecule has 3 nitrogen and oxygen atoms in total. The summed E-state index contributed by atoms with van der Waals surface area (Å²) in [6.07, 6.45) is 5.61. The maximum Gasteiger partial charge on any atom is 0.0745 e. The predicted molar refractivity (Wildman–Crippen MR) is 76.8 cm³/mol. The van der Waals surface area contributed by atoms with Crippen LogP contribution in [0.15, 0.2) is 30.5 Å². The van der Waals surface area contributed by atoms with Crippen LogP contribution in [0.25, 0.3) is 10.9 Å². The van der Waals surface area contributed by atoms with Crippen LogP contribution in [0.5, 0.6) is 0 Å². The number of nitrogens with two attached hydrogens (primary N) is 1. The Balaban J connectivity index is 2.17. The van der Waals surface area contributed by atoms with Crippen molar-refractivity contribution in [1.82, 2.24) is 4.98 Å². The summed E-state index contributed by atoms with van der Waals surface area (Å²) in [6.45, 7) is 3.38. The highest BCUT2D eigenvalue weighted by Gasteiger charge is 2.22. The zero-order valence-electron chi connectivity index (χ0n) is 10.8. The predicted octanol–water partition coefficient (Wildman–Crippen LogP) is 3.20. The number of pyridine rings is 1. The first-order valence-electron chi connectivity index (χ1n) is 6.67. The number of para-hydroxylation sites is 1. The van der Waals surface area contributed by atoms with Crippen LogP contribution in [0.2, 0.25) is 0 Å². The maximum atomic E-state index is 6.18. The smallest absolute Gasteiger partial charge is 0.0745 e. The van der Waals surface area contributed by atoms with Crippen LogP contribution in [-0.4, -0.2) is 17.6 Å². The molecule has 1 fully saturated rings. The fourth-order valence-electron chi connectivity index (χ4n) is 2.89. The number of hydrogen-bond acceptors (Lipinski definition) is 3. The number of anilines is 2. The van der Waals surface area contributed by atoms with Gasteiger partial charge in [-0.2, -0.15) is 0 Å². The molecule has 0 amide bonds. The molecule has 3 heteroatoms. The van der Waals surface area contributed by atoms with Crippen molar-refractivity contribution in [1.29, 1.82) is 0 Å². The number of hydrogen-bond donors (Lipinski definition) is 1. The van der Waals surface area contributed by atoms with Crippen LogP contribution in [0.3, 0.4) is 0 Å². The van der Waals surface area contributed by atoms with Crippen molar-refractivity contribution in [2.45, 2.75) is 32.2 Å². The summed E-state index contributed by atoms with van der Waals surface area (Å²) in [5, 5.41) is 1.17. The van der Waals surface area contributed by atoms with E-state index in [2.05, 4.69) is 28.9 Å². The topological polar surface area (TPSA) is 42.1 Å². The summed E-state index contributed by atoms with van der Waals surface area (Å²) in [7, 11) is 0. The first-order chi connectivity index (χ1) is 8.77. The molecule has 2 heterocycles. The van der Waals surface area contributed by atoms with Crippen molar-refractivity contribution < 1.29 is 0 Å². The molecule has 2 N–H and O–H groups in total. The fraction of sp³-hybridized carbons (Fsp3) is 0.400. The Kier molecular flexibility index (Phi) is 2.82. The molecule has 0 bridgehead atoms. The number of nitrogens with zero attached hydrogens (tertiary/aromatic N) is 2. The Bertz CT molecular complexity index is 565. The van der Waals surface area contributed by atoms with Gasteiger partial charge in [-0.3, -0.25) is 4.98 Å². The molecule has 1 unspecified atom stereocenters. The van der Waals surface area contributed by atoms with Gasteiger partial charge >= 0.3 is 0 Å². The molecule has 0 saturated carbocycles. The molecular weight excluding hydrogens is 222 g/mol. The molecule has 1 aromatic heterocycles. The van der Waals surface area contributed by atoms with Crippen LogP contribution < -0.4 is 10.6 Å². The molecule has 1 aliphatic heterocycles. The van der Waals surface area contributed by atoms with Crippen molar-refractivity contribution in [3.8, 4) is 0 Å². The molecule has 0 aliphatic carbocycles. The molecule has 2 aromatic rings. The lowest BCUT2D eigenvalue weighted by molar-refractivity contribution is 0.486. The van der Waals surface area contributed by atoms with Crippen LogP contribution in [0.1, 0.15) is 26.2 Å². The largest absolute Gasteiger partial charge is 0.396 e. The van der Waals surface area contributed by atoms with Crippen molar-refractivity contribution in [3.05, 3.63) is 30.5 Å². The van der Waals surface area contributed by atoms with Gasteiger partial charge in [0.2, 0.25) is 0 Å². The Labute approximate surface area is 108 Å².